The van der Waals surface area contributed by atoms with E-state index in [1.54, 1.807) is 19.2 Å². The number of carbonyl (C=O) groups excluding carboxylic acids is 1. The molecule has 2 N–H and O–H groups in total. The van der Waals surface area contributed by atoms with Gasteiger partial charge in [-0.3, -0.25) is 4.79 Å². The van der Waals surface area contributed by atoms with E-state index in [4.69, 9.17) is 5.73 Å². The van der Waals surface area contributed by atoms with Crippen LogP contribution in [0.15, 0.2) is 18.2 Å². The lowest BCUT2D eigenvalue weighted by Gasteiger charge is -2.22. The third-order valence-corrected chi connectivity index (χ3v) is 4.08. The zero-order chi connectivity index (χ0) is 14.6. The van der Waals surface area contributed by atoms with Crippen molar-refractivity contribution in [3.8, 4) is 0 Å². The minimum atomic E-state index is -0.475. The molecule has 0 aliphatic carbocycles. The molecule has 1 rings (SSSR count). The molecule has 1 amide bonds. The number of nitrogens with two attached hydrogens (primary N) is 1. The van der Waals surface area contributed by atoms with Crippen LogP contribution in [0.2, 0.25) is 0 Å². The summed E-state index contributed by atoms with van der Waals surface area (Å²) >= 11 is 1.97. The molecule has 0 saturated heterocycles. The van der Waals surface area contributed by atoms with Gasteiger partial charge in [0.25, 0.3) is 5.91 Å². The predicted molar refractivity (Wildman–Crippen MR) is 83.5 cm³/mol. The van der Waals surface area contributed by atoms with E-state index in [0.29, 0.717) is 22.5 Å². The number of rotatable bonds is 5. The molecular weight excluding hydrogens is 358 g/mol. The maximum Gasteiger partial charge on any atom is 0.257 e. The lowest BCUT2D eigenvalue weighted by atomic mass is 10.0. The second kappa shape index (κ2) is 7.19. The summed E-state index contributed by atoms with van der Waals surface area (Å²) in [5.41, 5.74) is 6.09. The summed E-state index contributed by atoms with van der Waals surface area (Å²) in [5, 5.41) is 0. The van der Waals surface area contributed by atoms with E-state index in [0.717, 1.165) is 0 Å². The lowest BCUT2D eigenvalue weighted by Crippen LogP contribution is -2.35. The molecule has 0 spiro atoms. The lowest BCUT2D eigenvalue weighted by molar-refractivity contribution is 0.0783. The topological polar surface area (TPSA) is 46.3 Å². The number of halogens is 2. The summed E-state index contributed by atoms with van der Waals surface area (Å²) < 4.78 is 14.3. The number of hydrogen-bond acceptors (Lipinski definition) is 2. The van der Waals surface area contributed by atoms with E-state index in [2.05, 4.69) is 0 Å². The van der Waals surface area contributed by atoms with Crippen LogP contribution >= 0.6 is 22.6 Å². The molecule has 0 radical (unpaired) electrons. The third-order valence-electron chi connectivity index (χ3n) is 3.18. The van der Waals surface area contributed by atoms with Crippen LogP contribution in [-0.2, 0) is 0 Å². The minimum absolute atomic E-state index is 0.0509. The molecule has 0 fully saturated rings. The van der Waals surface area contributed by atoms with Crippen molar-refractivity contribution in [1.82, 2.24) is 4.90 Å². The van der Waals surface area contributed by atoms with Gasteiger partial charge in [-0.2, -0.15) is 0 Å². The summed E-state index contributed by atoms with van der Waals surface area (Å²) in [7, 11) is 1.68. The maximum absolute atomic E-state index is 13.7. The highest BCUT2D eigenvalue weighted by atomic mass is 127. The van der Waals surface area contributed by atoms with Gasteiger partial charge < -0.3 is 10.6 Å². The first-order valence-electron chi connectivity index (χ1n) is 6.29. The van der Waals surface area contributed by atoms with Crippen molar-refractivity contribution in [3.63, 3.8) is 0 Å². The van der Waals surface area contributed by atoms with Gasteiger partial charge in [0.15, 0.2) is 0 Å². The fraction of sp³-hybridized carbons (Fsp3) is 0.500. The van der Waals surface area contributed by atoms with Crippen molar-refractivity contribution < 1.29 is 9.18 Å². The monoisotopic (exact) mass is 378 g/mol. The van der Waals surface area contributed by atoms with Crippen LogP contribution in [-0.4, -0.2) is 30.4 Å². The highest BCUT2D eigenvalue weighted by Gasteiger charge is 2.20. The molecule has 0 aliphatic rings. The first kappa shape index (κ1) is 16.4. The molecule has 0 bridgehead atoms. The number of carbonyl (C=O) groups is 1. The van der Waals surface area contributed by atoms with Crippen molar-refractivity contribution in [2.45, 2.75) is 26.3 Å². The zero-order valence-electron chi connectivity index (χ0n) is 11.5. The molecule has 5 heteroatoms. The molecule has 1 aromatic rings. The molecule has 0 aromatic heterocycles. The summed E-state index contributed by atoms with van der Waals surface area (Å²) in [6.45, 7) is 4.63. The van der Waals surface area contributed by atoms with Crippen molar-refractivity contribution >= 4 is 28.5 Å². The van der Waals surface area contributed by atoms with Gasteiger partial charge in [0.1, 0.15) is 5.82 Å². The smallest absolute Gasteiger partial charge is 0.257 e. The van der Waals surface area contributed by atoms with Crippen LogP contribution in [0.4, 0.5) is 4.39 Å². The molecule has 0 saturated carbocycles. The van der Waals surface area contributed by atoms with E-state index in [1.165, 1.54) is 11.0 Å². The second-order valence-electron chi connectivity index (χ2n) is 5.02. The van der Waals surface area contributed by atoms with E-state index < -0.39 is 5.82 Å². The molecule has 0 aliphatic heterocycles. The predicted octanol–water partition coefficient (Wildman–Crippen LogP) is 2.88. The van der Waals surface area contributed by atoms with Gasteiger partial charge in [0.05, 0.1) is 5.56 Å². The van der Waals surface area contributed by atoms with Crippen LogP contribution in [0.25, 0.3) is 0 Å². The Morgan fingerprint density at radius 2 is 2.11 bits per heavy atom. The van der Waals surface area contributed by atoms with Gasteiger partial charge in [0, 0.05) is 23.2 Å². The van der Waals surface area contributed by atoms with Crippen molar-refractivity contribution in [2.24, 2.45) is 11.7 Å². The van der Waals surface area contributed by atoms with Crippen molar-refractivity contribution in [2.75, 3.05) is 13.6 Å². The van der Waals surface area contributed by atoms with Gasteiger partial charge in [0.2, 0.25) is 0 Å². The van der Waals surface area contributed by atoms with E-state index >= 15 is 0 Å². The molecule has 19 heavy (non-hydrogen) atoms. The quantitative estimate of drug-likeness (QED) is 0.801. The van der Waals surface area contributed by atoms with Gasteiger partial charge >= 0.3 is 0 Å². The highest BCUT2D eigenvalue weighted by Crippen LogP contribution is 2.18. The van der Waals surface area contributed by atoms with Crippen LogP contribution < -0.4 is 5.73 Å². The normalized spacial score (nSPS) is 12.6. The van der Waals surface area contributed by atoms with Gasteiger partial charge in [-0.1, -0.05) is 19.9 Å². The molecule has 1 atom stereocenters. The average Bonchev–Trinajstić information content (AvgIpc) is 2.34. The van der Waals surface area contributed by atoms with Crippen LogP contribution in [0.5, 0.6) is 0 Å². The highest BCUT2D eigenvalue weighted by molar-refractivity contribution is 14.1. The molecule has 106 valence electrons. The average molecular weight is 378 g/mol. The van der Waals surface area contributed by atoms with Crippen molar-refractivity contribution in [3.05, 3.63) is 33.1 Å². The summed E-state index contributed by atoms with van der Waals surface area (Å²) in [6.07, 6.45) is 0.713. The summed E-state index contributed by atoms with van der Waals surface area (Å²) in [5.74, 6) is -0.396. The Kier molecular flexibility index (Phi) is 6.19. The Morgan fingerprint density at radius 3 is 2.63 bits per heavy atom. The van der Waals surface area contributed by atoms with Gasteiger partial charge in [-0.05, 0) is 47.1 Å². The molecule has 3 nitrogen and oxygen atoms in total. The number of hydrogen-bond donors (Lipinski definition) is 1. The summed E-state index contributed by atoms with van der Waals surface area (Å²) in [6, 6.07) is 4.69. The van der Waals surface area contributed by atoms with Gasteiger partial charge in [-0.25, -0.2) is 4.39 Å². The standard InChI is InChI=1S/C14H20FIN2O/c1-9(2)12(17)7-8-18(3)14(19)13-10(15)5-4-6-11(13)16/h4-6,9,12H,7-8,17H2,1-3H3. The van der Waals surface area contributed by atoms with E-state index in [9.17, 15) is 9.18 Å². The third kappa shape index (κ3) is 4.42. The first-order valence-corrected chi connectivity index (χ1v) is 7.37. The fourth-order valence-electron chi connectivity index (χ4n) is 1.67. The second-order valence-corrected chi connectivity index (χ2v) is 6.18. The Balaban J connectivity index is 2.72. The Hall–Kier alpha value is -0.690. The SMILES string of the molecule is CC(C)C(N)CCN(C)C(=O)c1c(F)cccc1I. The zero-order valence-corrected chi connectivity index (χ0v) is 13.6. The van der Waals surface area contributed by atoms with Crippen LogP contribution in [0, 0.1) is 15.3 Å². The van der Waals surface area contributed by atoms with E-state index in [1.807, 2.05) is 36.4 Å². The van der Waals surface area contributed by atoms with Gasteiger partial charge in [-0.15, -0.1) is 0 Å². The van der Waals surface area contributed by atoms with E-state index in [-0.39, 0.29) is 17.5 Å². The molecule has 0 heterocycles. The first-order chi connectivity index (χ1) is 8.84. The molecule has 1 aromatic carbocycles. The Labute approximate surface area is 127 Å². The van der Waals surface area contributed by atoms with Crippen LogP contribution in [0.1, 0.15) is 30.6 Å². The summed E-state index contributed by atoms with van der Waals surface area (Å²) in [4.78, 5) is 13.7. The minimum Gasteiger partial charge on any atom is -0.342 e. The Bertz CT molecular complexity index is 431. The van der Waals surface area contributed by atoms with Crippen LogP contribution in [0.3, 0.4) is 0 Å². The number of nitrogens with zero attached hydrogens (tertiary/aromatic N) is 1. The maximum atomic E-state index is 13.7. The number of amides is 1. The van der Waals surface area contributed by atoms with Crippen molar-refractivity contribution in [1.29, 1.82) is 0 Å². The molecule has 1 unspecified atom stereocenters. The largest absolute Gasteiger partial charge is 0.342 e. The molecular formula is C14H20FIN2O. The fourth-order valence-corrected chi connectivity index (χ4v) is 2.37. The Morgan fingerprint density at radius 1 is 1.47 bits per heavy atom. The number of benzene rings is 1.